The summed E-state index contributed by atoms with van der Waals surface area (Å²) in [7, 11) is 0. The molecule has 0 unspecified atom stereocenters. The van der Waals surface area contributed by atoms with Crippen LogP contribution < -0.4 is 4.90 Å². The van der Waals surface area contributed by atoms with E-state index in [9.17, 15) is 0 Å². The van der Waals surface area contributed by atoms with Crippen LogP contribution in [0.25, 0.3) is 72.0 Å². The minimum atomic E-state index is -0.120. The van der Waals surface area contributed by atoms with Gasteiger partial charge in [0.25, 0.3) is 0 Å². The van der Waals surface area contributed by atoms with Crippen LogP contribution in [0, 0.1) is 0 Å². The molecule has 11 rings (SSSR count). The molecule has 1 aliphatic carbocycles. The molecule has 0 N–H and O–H groups in total. The van der Waals surface area contributed by atoms with Gasteiger partial charge in [-0.1, -0.05) is 141 Å². The van der Waals surface area contributed by atoms with Crippen LogP contribution in [-0.4, -0.2) is 9.55 Å². The number of aromatic nitrogens is 2. The van der Waals surface area contributed by atoms with E-state index in [-0.39, 0.29) is 5.41 Å². The van der Waals surface area contributed by atoms with Gasteiger partial charge in [-0.25, -0.2) is 0 Å². The number of hydrogen-bond donors (Lipinski definition) is 0. The van der Waals surface area contributed by atoms with E-state index in [1.807, 2.05) is 18.5 Å². The molecule has 0 saturated carbocycles. The molecule has 0 saturated heterocycles. The minimum absolute atomic E-state index is 0.120. The summed E-state index contributed by atoms with van der Waals surface area (Å²) in [6, 6.07) is 72.8. The van der Waals surface area contributed by atoms with E-state index in [0.717, 1.165) is 28.2 Å². The normalized spacial score (nSPS) is 12.7. The Labute approximate surface area is 345 Å². The van der Waals surface area contributed by atoms with Crippen LogP contribution in [-0.2, 0) is 5.41 Å². The monoisotopic (exact) mass is 755 g/mol. The first-order chi connectivity index (χ1) is 29.0. The van der Waals surface area contributed by atoms with Crippen LogP contribution in [0.1, 0.15) is 25.0 Å². The lowest BCUT2D eigenvalue weighted by atomic mass is 9.81. The summed E-state index contributed by atoms with van der Waals surface area (Å²) in [4.78, 5) is 6.62. The molecule has 0 bridgehead atoms. The Morgan fingerprint density at radius 1 is 0.424 bits per heavy atom. The standard InChI is InChI=1S/C56H41N3/c1-56(2)51-21-8-6-18-47(51)49-20-11-23-54(55(49)56)59-52-22-9-7-19-48(52)50-36-42(28-33-53(50)59)41-14-10-13-40(35-41)38-24-29-45(30-25-38)58(44-16-4-3-5-17-44)46-31-26-39(27-32-46)43-15-12-34-57-37-43/h3-37H,1-2H3. The fraction of sp³-hybridized carbons (Fsp3) is 0.0536. The van der Waals surface area contributed by atoms with Crippen LogP contribution in [0.2, 0.25) is 0 Å². The average Bonchev–Trinajstić information content (AvgIpc) is 3.75. The summed E-state index contributed by atoms with van der Waals surface area (Å²) < 4.78 is 2.49. The summed E-state index contributed by atoms with van der Waals surface area (Å²) >= 11 is 0. The van der Waals surface area contributed by atoms with E-state index < -0.39 is 0 Å². The molecule has 0 atom stereocenters. The topological polar surface area (TPSA) is 21.1 Å². The van der Waals surface area contributed by atoms with Crippen molar-refractivity contribution in [1.82, 2.24) is 9.55 Å². The van der Waals surface area contributed by atoms with Crippen LogP contribution in [0.4, 0.5) is 17.1 Å². The third-order valence-corrected chi connectivity index (χ3v) is 12.3. The molecule has 59 heavy (non-hydrogen) atoms. The Hall–Kier alpha value is -7.49. The van der Waals surface area contributed by atoms with Gasteiger partial charge in [-0.15, -0.1) is 0 Å². The lowest BCUT2D eigenvalue weighted by Gasteiger charge is -2.26. The number of pyridine rings is 1. The van der Waals surface area contributed by atoms with Gasteiger partial charge >= 0.3 is 0 Å². The Bertz CT molecular complexity index is 3160. The molecule has 0 aliphatic heterocycles. The summed E-state index contributed by atoms with van der Waals surface area (Å²) in [5, 5.41) is 2.52. The van der Waals surface area contributed by atoms with Gasteiger partial charge in [0, 0.05) is 45.6 Å². The molecule has 0 amide bonds. The molecule has 3 heteroatoms. The largest absolute Gasteiger partial charge is 0.311 e. The molecule has 280 valence electrons. The van der Waals surface area contributed by atoms with E-state index in [1.165, 1.54) is 72.0 Å². The van der Waals surface area contributed by atoms with Crippen LogP contribution in [0.5, 0.6) is 0 Å². The highest BCUT2D eigenvalue weighted by molar-refractivity contribution is 6.11. The zero-order chi connectivity index (χ0) is 39.5. The molecule has 2 heterocycles. The van der Waals surface area contributed by atoms with Crippen molar-refractivity contribution < 1.29 is 0 Å². The fourth-order valence-corrected chi connectivity index (χ4v) is 9.46. The van der Waals surface area contributed by atoms with Gasteiger partial charge in [-0.05, 0) is 128 Å². The molecule has 8 aromatic carbocycles. The van der Waals surface area contributed by atoms with Crippen molar-refractivity contribution in [3.05, 3.63) is 224 Å². The fourth-order valence-electron chi connectivity index (χ4n) is 9.46. The SMILES string of the molecule is CC1(C)c2ccccc2-c2cccc(-n3c4ccccc4c4cc(-c5cccc(-c6ccc(N(c7ccccc7)c7ccc(-c8cccnc8)cc7)cc6)c5)ccc43)c21. The summed E-state index contributed by atoms with van der Waals surface area (Å²) in [6.07, 6.45) is 3.72. The maximum absolute atomic E-state index is 4.31. The van der Waals surface area contributed by atoms with E-state index in [0.29, 0.717) is 0 Å². The Morgan fingerprint density at radius 2 is 1.00 bits per heavy atom. The highest BCUT2D eigenvalue weighted by Crippen LogP contribution is 2.52. The number of rotatable bonds is 7. The first-order valence-electron chi connectivity index (χ1n) is 20.4. The first-order valence-corrected chi connectivity index (χ1v) is 20.4. The predicted molar refractivity (Wildman–Crippen MR) is 247 cm³/mol. The van der Waals surface area contributed by atoms with Crippen molar-refractivity contribution in [2.24, 2.45) is 0 Å². The third kappa shape index (κ3) is 5.77. The second kappa shape index (κ2) is 13.9. The molecule has 0 spiro atoms. The van der Waals surface area contributed by atoms with E-state index in [2.05, 4.69) is 222 Å². The van der Waals surface area contributed by atoms with Crippen molar-refractivity contribution in [3.8, 4) is 50.2 Å². The van der Waals surface area contributed by atoms with Gasteiger partial charge in [0.2, 0.25) is 0 Å². The number of hydrogen-bond acceptors (Lipinski definition) is 2. The Balaban J connectivity index is 0.951. The van der Waals surface area contributed by atoms with Gasteiger partial charge in [-0.2, -0.15) is 0 Å². The average molecular weight is 756 g/mol. The van der Waals surface area contributed by atoms with Crippen LogP contribution in [0.15, 0.2) is 213 Å². The van der Waals surface area contributed by atoms with Crippen molar-refractivity contribution in [3.63, 3.8) is 0 Å². The lowest BCUT2D eigenvalue weighted by molar-refractivity contribution is 0.656. The second-order valence-electron chi connectivity index (χ2n) is 16.0. The zero-order valence-electron chi connectivity index (χ0n) is 33.0. The molecule has 10 aromatic rings. The zero-order valence-corrected chi connectivity index (χ0v) is 33.0. The number of anilines is 3. The minimum Gasteiger partial charge on any atom is -0.311 e. The maximum atomic E-state index is 4.31. The number of para-hydroxylation sites is 2. The Morgan fingerprint density at radius 3 is 1.76 bits per heavy atom. The molecule has 1 aliphatic rings. The van der Waals surface area contributed by atoms with Gasteiger partial charge < -0.3 is 9.47 Å². The van der Waals surface area contributed by atoms with Crippen molar-refractivity contribution >= 4 is 38.9 Å². The van der Waals surface area contributed by atoms with Crippen LogP contribution >= 0.6 is 0 Å². The summed E-state index contributed by atoms with van der Waals surface area (Å²) in [6.45, 7) is 4.74. The molecule has 0 fully saturated rings. The maximum Gasteiger partial charge on any atom is 0.0541 e. The highest BCUT2D eigenvalue weighted by atomic mass is 15.1. The quantitative estimate of drug-likeness (QED) is 0.162. The highest BCUT2D eigenvalue weighted by Gasteiger charge is 2.38. The lowest BCUT2D eigenvalue weighted by Crippen LogP contribution is -2.17. The van der Waals surface area contributed by atoms with Crippen LogP contribution in [0.3, 0.4) is 0 Å². The molecule has 3 nitrogen and oxygen atoms in total. The van der Waals surface area contributed by atoms with Gasteiger partial charge in [0.05, 0.1) is 16.7 Å². The van der Waals surface area contributed by atoms with Crippen molar-refractivity contribution in [2.75, 3.05) is 4.90 Å². The van der Waals surface area contributed by atoms with Crippen molar-refractivity contribution in [2.45, 2.75) is 19.3 Å². The number of benzene rings is 8. The predicted octanol–water partition coefficient (Wildman–Crippen LogP) is 15.0. The molecule has 2 aromatic heterocycles. The molecular weight excluding hydrogens is 715 g/mol. The van der Waals surface area contributed by atoms with E-state index in [4.69, 9.17) is 0 Å². The Kier molecular flexibility index (Phi) is 8.16. The molecule has 0 radical (unpaired) electrons. The number of fused-ring (bicyclic) bond motifs is 6. The first kappa shape index (κ1) is 34.7. The molecular formula is C56H41N3. The van der Waals surface area contributed by atoms with Gasteiger partial charge in [-0.3, -0.25) is 4.98 Å². The van der Waals surface area contributed by atoms with Crippen molar-refractivity contribution in [1.29, 1.82) is 0 Å². The second-order valence-corrected chi connectivity index (χ2v) is 16.0. The third-order valence-electron chi connectivity index (χ3n) is 12.3. The number of nitrogens with zero attached hydrogens (tertiary/aromatic N) is 3. The van der Waals surface area contributed by atoms with E-state index in [1.54, 1.807) is 0 Å². The van der Waals surface area contributed by atoms with Gasteiger partial charge in [0.15, 0.2) is 0 Å². The smallest absolute Gasteiger partial charge is 0.0541 e. The summed E-state index contributed by atoms with van der Waals surface area (Å²) in [5.41, 5.74) is 19.3. The van der Waals surface area contributed by atoms with E-state index >= 15 is 0 Å². The summed E-state index contributed by atoms with van der Waals surface area (Å²) in [5.74, 6) is 0. The van der Waals surface area contributed by atoms with Gasteiger partial charge in [0.1, 0.15) is 0 Å².